The van der Waals surface area contributed by atoms with Gasteiger partial charge in [-0.1, -0.05) is 24.3 Å². The van der Waals surface area contributed by atoms with Gasteiger partial charge in [-0.05, 0) is 56.5 Å². The summed E-state index contributed by atoms with van der Waals surface area (Å²) < 4.78 is 28.9. The number of carbonyl (C=O) groups is 2. The van der Waals surface area contributed by atoms with E-state index in [-0.39, 0.29) is 22.4 Å². The number of benzene rings is 2. The Kier molecular flexibility index (Phi) is 5.30. The van der Waals surface area contributed by atoms with Crippen LogP contribution in [0.25, 0.3) is 0 Å². The zero-order chi connectivity index (χ0) is 20.6. The number of rotatable bonds is 4. The molecule has 2 atom stereocenters. The number of ether oxygens (including phenoxy) is 1. The van der Waals surface area contributed by atoms with Gasteiger partial charge in [-0.3, -0.25) is 4.79 Å². The van der Waals surface area contributed by atoms with Gasteiger partial charge < -0.3 is 9.64 Å². The van der Waals surface area contributed by atoms with E-state index in [9.17, 15) is 18.0 Å². The minimum absolute atomic E-state index is 0.0265. The molecule has 2 aromatic carbocycles. The molecule has 0 unspecified atom stereocenters. The van der Waals surface area contributed by atoms with Crippen LogP contribution in [0.1, 0.15) is 35.3 Å². The van der Waals surface area contributed by atoms with E-state index in [0.717, 1.165) is 23.9 Å². The summed E-state index contributed by atoms with van der Waals surface area (Å²) >= 11 is 0. The molecule has 0 N–H and O–H groups in total. The summed E-state index contributed by atoms with van der Waals surface area (Å²) in [6.45, 7) is 5.17. The Hall–Kier alpha value is -2.67. The first-order chi connectivity index (χ1) is 13.1. The molecule has 0 bridgehead atoms. The lowest BCUT2D eigenvalue weighted by atomic mass is 10.1. The standard InChI is InChI=1S/C21H23NO5S/c1-13-9-10-17(28(4,25)26)12-18(13)21(24)27-15(3)20(23)22-14(2)11-16-7-5-6-8-19(16)22/h5-10,12,14-15H,11H2,1-4H3/t14-,15-/m1/s1. The molecule has 0 saturated carbocycles. The average molecular weight is 401 g/mol. The molecular weight excluding hydrogens is 378 g/mol. The van der Waals surface area contributed by atoms with Crippen LogP contribution in [0.4, 0.5) is 5.69 Å². The number of aryl methyl sites for hydroxylation is 1. The Labute approximate surface area is 165 Å². The zero-order valence-electron chi connectivity index (χ0n) is 16.3. The summed E-state index contributed by atoms with van der Waals surface area (Å²) in [5.74, 6) is -1.02. The highest BCUT2D eigenvalue weighted by molar-refractivity contribution is 7.90. The number of sulfone groups is 1. The predicted molar refractivity (Wildman–Crippen MR) is 106 cm³/mol. The fraction of sp³-hybridized carbons (Fsp3) is 0.333. The molecule has 1 aliphatic heterocycles. The van der Waals surface area contributed by atoms with Gasteiger partial charge in [-0.2, -0.15) is 0 Å². The van der Waals surface area contributed by atoms with Crippen LogP contribution in [0.3, 0.4) is 0 Å². The van der Waals surface area contributed by atoms with Crippen LogP contribution in [-0.2, 0) is 25.8 Å². The van der Waals surface area contributed by atoms with E-state index in [2.05, 4.69) is 0 Å². The zero-order valence-corrected chi connectivity index (χ0v) is 17.1. The van der Waals surface area contributed by atoms with E-state index in [0.29, 0.717) is 5.56 Å². The number of amides is 1. The van der Waals surface area contributed by atoms with Gasteiger partial charge in [-0.15, -0.1) is 0 Å². The molecule has 148 valence electrons. The quantitative estimate of drug-likeness (QED) is 0.736. The van der Waals surface area contributed by atoms with Crippen LogP contribution < -0.4 is 4.90 Å². The molecular formula is C21H23NO5S. The van der Waals surface area contributed by atoms with E-state index < -0.39 is 21.9 Å². The second kappa shape index (κ2) is 7.39. The van der Waals surface area contributed by atoms with Gasteiger partial charge in [0.1, 0.15) is 0 Å². The molecule has 1 aliphatic rings. The number of carbonyl (C=O) groups excluding carboxylic acids is 2. The van der Waals surface area contributed by atoms with E-state index in [1.54, 1.807) is 17.9 Å². The number of fused-ring (bicyclic) bond motifs is 1. The number of hydrogen-bond donors (Lipinski definition) is 0. The lowest BCUT2D eigenvalue weighted by Crippen LogP contribution is -2.43. The SMILES string of the molecule is Cc1ccc(S(C)(=O)=O)cc1C(=O)O[C@H](C)C(=O)N1c2ccccc2C[C@H]1C. The first-order valence-corrected chi connectivity index (χ1v) is 10.9. The van der Waals surface area contributed by atoms with E-state index in [1.807, 2.05) is 31.2 Å². The highest BCUT2D eigenvalue weighted by Crippen LogP contribution is 2.32. The van der Waals surface area contributed by atoms with Crippen molar-refractivity contribution in [2.75, 3.05) is 11.2 Å². The summed E-state index contributed by atoms with van der Waals surface area (Å²) in [6, 6.07) is 11.9. The molecule has 0 saturated heterocycles. The van der Waals surface area contributed by atoms with Crippen LogP contribution in [0.5, 0.6) is 0 Å². The molecule has 1 amide bonds. The molecule has 0 aliphatic carbocycles. The Morgan fingerprint density at radius 3 is 2.54 bits per heavy atom. The normalized spacial score (nSPS) is 17.1. The van der Waals surface area contributed by atoms with Crippen LogP contribution in [0, 0.1) is 6.92 Å². The van der Waals surface area contributed by atoms with Gasteiger partial charge in [0.25, 0.3) is 5.91 Å². The Morgan fingerprint density at radius 2 is 1.86 bits per heavy atom. The summed E-state index contributed by atoms with van der Waals surface area (Å²) in [7, 11) is -3.46. The fourth-order valence-electron chi connectivity index (χ4n) is 3.42. The maximum absolute atomic E-state index is 12.9. The van der Waals surface area contributed by atoms with Gasteiger partial charge in [0, 0.05) is 18.0 Å². The van der Waals surface area contributed by atoms with Gasteiger partial charge in [-0.25, -0.2) is 13.2 Å². The van der Waals surface area contributed by atoms with Crippen LogP contribution in [0.15, 0.2) is 47.4 Å². The number of anilines is 1. The summed E-state index contributed by atoms with van der Waals surface area (Å²) in [5, 5.41) is 0. The van der Waals surface area contributed by atoms with Gasteiger partial charge >= 0.3 is 5.97 Å². The lowest BCUT2D eigenvalue weighted by Gasteiger charge is -2.26. The topological polar surface area (TPSA) is 80.7 Å². The molecule has 3 rings (SSSR count). The van der Waals surface area contributed by atoms with Crippen molar-refractivity contribution in [3.8, 4) is 0 Å². The highest BCUT2D eigenvalue weighted by atomic mass is 32.2. The number of esters is 1. The average Bonchev–Trinajstić information content (AvgIpc) is 2.95. The third-order valence-electron chi connectivity index (χ3n) is 4.93. The van der Waals surface area contributed by atoms with E-state index >= 15 is 0 Å². The summed E-state index contributed by atoms with van der Waals surface area (Å²) in [4.78, 5) is 27.3. The first-order valence-electron chi connectivity index (χ1n) is 9.02. The van der Waals surface area contributed by atoms with Crippen molar-refractivity contribution >= 4 is 27.4 Å². The number of nitrogens with zero attached hydrogens (tertiary/aromatic N) is 1. The van der Waals surface area contributed by atoms with Crippen LogP contribution in [-0.4, -0.2) is 38.7 Å². The molecule has 7 heteroatoms. The molecule has 0 aromatic heterocycles. The molecule has 2 aromatic rings. The van der Waals surface area contributed by atoms with Crippen molar-refractivity contribution in [2.45, 2.75) is 44.2 Å². The molecule has 0 spiro atoms. The summed E-state index contributed by atoms with van der Waals surface area (Å²) in [5.41, 5.74) is 2.63. The minimum atomic E-state index is -3.46. The van der Waals surface area contributed by atoms with E-state index in [4.69, 9.17) is 4.74 Å². The highest BCUT2D eigenvalue weighted by Gasteiger charge is 2.34. The smallest absolute Gasteiger partial charge is 0.339 e. The van der Waals surface area contributed by atoms with Crippen molar-refractivity contribution in [2.24, 2.45) is 0 Å². The summed E-state index contributed by atoms with van der Waals surface area (Å²) in [6.07, 6.45) is 0.825. The number of para-hydroxylation sites is 1. The molecule has 28 heavy (non-hydrogen) atoms. The fourth-order valence-corrected chi connectivity index (χ4v) is 4.07. The van der Waals surface area contributed by atoms with Gasteiger partial charge in [0.05, 0.1) is 10.5 Å². The molecule has 6 nitrogen and oxygen atoms in total. The second-order valence-corrected chi connectivity index (χ2v) is 9.20. The predicted octanol–water partition coefficient (Wildman–Crippen LogP) is 2.92. The molecule has 1 heterocycles. The van der Waals surface area contributed by atoms with Crippen molar-refractivity contribution in [3.05, 3.63) is 59.2 Å². The molecule has 0 fully saturated rings. The van der Waals surface area contributed by atoms with Crippen molar-refractivity contribution < 1.29 is 22.7 Å². The lowest BCUT2D eigenvalue weighted by molar-refractivity contribution is -0.126. The van der Waals surface area contributed by atoms with Gasteiger partial charge in [0.15, 0.2) is 15.9 Å². The van der Waals surface area contributed by atoms with Crippen LogP contribution >= 0.6 is 0 Å². The Morgan fingerprint density at radius 1 is 1.18 bits per heavy atom. The molecule has 0 radical (unpaired) electrons. The maximum atomic E-state index is 12.9. The van der Waals surface area contributed by atoms with Crippen molar-refractivity contribution in [1.29, 1.82) is 0 Å². The third kappa shape index (κ3) is 3.80. The second-order valence-electron chi connectivity index (χ2n) is 7.19. The number of hydrogen-bond acceptors (Lipinski definition) is 5. The first kappa shape index (κ1) is 20.1. The monoisotopic (exact) mass is 401 g/mol. The van der Waals surface area contributed by atoms with Crippen molar-refractivity contribution in [1.82, 2.24) is 0 Å². The van der Waals surface area contributed by atoms with Crippen LogP contribution in [0.2, 0.25) is 0 Å². The Balaban J connectivity index is 1.81. The van der Waals surface area contributed by atoms with Crippen molar-refractivity contribution in [3.63, 3.8) is 0 Å². The third-order valence-corrected chi connectivity index (χ3v) is 6.04. The van der Waals surface area contributed by atoms with E-state index in [1.165, 1.54) is 19.1 Å². The Bertz CT molecular complexity index is 1040. The maximum Gasteiger partial charge on any atom is 0.339 e. The van der Waals surface area contributed by atoms with Gasteiger partial charge in [0.2, 0.25) is 0 Å². The largest absolute Gasteiger partial charge is 0.449 e. The minimum Gasteiger partial charge on any atom is -0.449 e.